The van der Waals surface area contributed by atoms with Crippen molar-refractivity contribution in [3.8, 4) is 5.75 Å². The highest BCUT2D eigenvalue weighted by molar-refractivity contribution is 6.31. The Balaban J connectivity index is 1.43. The third-order valence-corrected chi connectivity index (χ3v) is 7.22. The summed E-state index contributed by atoms with van der Waals surface area (Å²) in [7, 11) is 1.71. The maximum absolute atomic E-state index is 6.26. The molecule has 5 heteroatoms. The lowest BCUT2D eigenvalue weighted by Crippen LogP contribution is -2.48. The number of methoxy groups -OCH3 is 1. The topological polar surface area (TPSA) is 37.4 Å². The minimum Gasteiger partial charge on any atom is -0.497 e. The molecule has 2 fully saturated rings. The molecule has 2 saturated heterocycles. The molecule has 158 valence electrons. The Kier molecular flexibility index (Phi) is 5.70. The second-order valence-electron chi connectivity index (χ2n) is 8.75. The fourth-order valence-electron chi connectivity index (χ4n) is 5.51. The van der Waals surface area contributed by atoms with Crippen LogP contribution in [0.25, 0.3) is 21.8 Å². The van der Waals surface area contributed by atoms with Crippen LogP contribution in [-0.2, 0) is 0 Å². The molecule has 30 heavy (non-hydrogen) atoms. The van der Waals surface area contributed by atoms with Gasteiger partial charge in [0.1, 0.15) is 5.75 Å². The first-order chi connectivity index (χ1) is 14.7. The normalized spacial score (nSPS) is 22.2. The molecule has 1 aromatic heterocycles. The van der Waals surface area contributed by atoms with Gasteiger partial charge in [0.2, 0.25) is 0 Å². The van der Waals surface area contributed by atoms with E-state index >= 15 is 0 Å². The molecule has 2 unspecified atom stereocenters. The number of fused-ring (bicyclic) bond motifs is 3. The average Bonchev–Trinajstić information content (AvgIpc) is 2.78. The van der Waals surface area contributed by atoms with E-state index < -0.39 is 0 Å². The van der Waals surface area contributed by atoms with Crippen molar-refractivity contribution in [2.75, 3.05) is 32.1 Å². The lowest BCUT2D eigenvalue weighted by molar-refractivity contribution is 0.0573. The number of nitrogens with zero attached hydrogens (tertiary/aromatic N) is 2. The zero-order chi connectivity index (χ0) is 20.5. The third kappa shape index (κ3) is 3.83. The molecular formula is C25H30ClN3O. The Hall–Kier alpha value is -2.04. The lowest BCUT2D eigenvalue weighted by atomic mass is 9.81. The molecule has 2 aromatic carbocycles. The Morgan fingerprint density at radius 3 is 2.83 bits per heavy atom. The van der Waals surface area contributed by atoms with E-state index in [9.17, 15) is 0 Å². The number of halogens is 1. The highest BCUT2D eigenvalue weighted by atomic mass is 35.5. The van der Waals surface area contributed by atoms with Crippen LogP contribution in [0.2, 0.25) is 5.02 Å². The highest BCUT2D eigenvalue weighted by Crippen LogP contribution is 2.36. The van der Waals surface area contributed by atoms with Gasteiger partial charge in [-0.2, -0.15) is 0 Å². The zero-order valence-corrected chi connectivity index (χ0v) is 18.4. The molecule has 0 amide bonds. The van der Waals surface area contributed by atoms with Crippen LogP contribution in [0.3, 0.4) is 0 Å². The minimum absolute atomic E-state index is 0.716. The van der Waals surface area contributed by atoms with E-state index in [1.54, 1.807) is 7.11 Å². The minimum atomic E-state index is 0.716. The van der Waals surface area contributed by atoms with Crippen molar-refractivity contribution in [3.63, 3.8) is 0 Å². The van der Waals surface area contributed by atoms with Gasteiger partial charge in [0.15, 0.2) is 0 Å². The second kappa shape index (κ2) is 8.60. The molecule has 2 aliphatic rings. The van der Waals surface area contributed by atoms with Gasteiger partial charge in [0, 0.05) is 28.4 Å². The van der Waals surface area contributed by atoms with Crippen LogP contribution in [0, 0.1) is 5.92 Å². The van der Waals surface area contributed by atoms with E-state index in [2.05, 4.69) is 22.3 Å². The Morgan fingerprint density at radius 1 is 1.03 bits per heavy atom. The molecule has 0 bridgehead atoms. The van der Waals surface area contributed by atoms with Crippen molar-refractivity contribution >= 4 is 39.1 Å². The summed E-state index contributed by atoms with van der Waals surface area (Å²) < 4.78 is 5.49. The van der Waals surface area contributed by atoms with Gasteiger partial charge in [-0.05, 0) is 87.5 Å². The van der Waals surface area contributed by atoms with Crippen molar-refractivity contribution in [2.24, 2.45) is 5.92 Å². The van der Waals surface area contributed by atoms with Gasteiger partial charge in [-0.25, -0.2) is 4.98 Å². The highest BCUT2D eigenvalue weighted by Gasteiger charge is 2.32. The van der Waals surface area contributed by atoms with Gasteiger partial charge in [-0.15, -0.1) is 0 Å². The summed E-state index contributed by atoms with van der Waals surface area (Å²) in [5.41, 5.74) is 3.03. The van der Waals surface area contributed by atoms with Crippen LogP contribution < -0.4 is 10.1 Å². The number of hydrogen-bond donors (Lipinski definition) is 1. The van der Waals surface area contributed by atoms with E-state index in [4.69, 9.17) is 21.3 Å². The first-order valence-electron chi connectivity index (χ1n) is 11.3. The summed E-state index contributed by atoms with van der Waals surface area (Å²) in [6.45, 7) is 3.58. The van der Waals surface area contributed by atoms with Crippen LogP contribution in [0.15, 0.2) is 36.4 Å². The van der Waals surface area contributed by atoms with Crippen LogP contribution in [0.4, 0.5) is 5.69 Å². The van der Waals surface area contributed by atoms with Gasteiger partial charge in [0.25, 0.3) is 0 Å². The fourth-order valence-corrected chi connectivity index (χ4v) is 5.68. The van der Waals surface area contributed by atoms with Gasteiger partial charge in [-0.3, -0.25) is 0 Å². The SMILES string of the molecule is COc1ccc2nc3cc(Cl)ccc3c(NCCC3CCCN4CCCCC34)c2c1. The van der Waals surface area contributed by atoms with E-state index in [0.29, 0.717) is 5.02 Å². The number of pyridine rings is 1. The van der Waals surface area contributed by atoms with Gasteiger partial charge in [0.05, 0.1) is 23.8 Å². The maximum atomic E-state index is 6.26. The number of hydrogen-bond acceptors (Lipinski definition) is 4. The predicted octanol–water partition coefficient (Wildman–Crippen LogP) is 6.12. The molecule has 5 rings (SSSR count). The Bertz CT molecular complexity index is 1050. The van der Waals surface area contributed by atoms with Crippen LogP contribution in [0.5, 0.6) is 5.75 Å². The predicted molar refractivity (Wildman–Crippen MR) is 126 cm³/mol. The first kappa shape index (κ1) is 19.9. The monoisotopic (exact) mass is 423 g/mol. The Labute approximate surface area is 183 Å². The fraction of sp³-hybridized carbons (Fsp3) is 0.480. The molecule has 2 atom stereocenters. The standard InChI is InChI=1S/C25H30ClN3O/c1-30-19-8-10-22-21(16-19)25(20-9-7-18(26)15-23(20)28-22)27-12-11-17-5-4-14-29-13-3-2-6-24(17)29/h7-10,15-17,24H,2-6,11-14H2,1H3,(H,27,28). The summed E-state index contributed by atoms with van der Waals surface area (Å²) >= 11 is 6.26. The number of anilines is 1. The van der Waals surface area contributed by atoms with E-state index in [-0.39, 0.29) is 0 Å². The zero-order valence-electron chi connectivity index (χ0n) is 17.7. The van der Waals surface area contributed by atoms with E-state index in [1.165, 1.54) is 51.6 Å². The molecule has 0 radical (unpaired) electrons. The average molecular weight is 424 g/mol. The van der Waals surface area contributed by atoms with Gasteiger partial charge in [-0.1, -0.05) is 18.0 Å². The summed E-state index contributed by atoms with van der Waals surface area (Å²) in [6.07, 6.45) is 8.07. The van der Waals surface area contributed by atoms with Crippen LogP contribution in [0.1, 0.15) is 38.5 Å². The van der Waals surface area contributed by atoms with Crippen molar-refractivity contribution in [2.45, 2.75) is 44.6 Å². The second-order valence-corrected chi connectivity index (χ2v) is 9.18. The molecular weight excluding hydrogens is 394 g/mol. The first-order valence-corrected chi connectivity index (χ1v) is 11.7. The number of piperidine rings is 2. The summed E-state index contributed by atoms with van der Waals surface area (Å²) in [5.74, 6) is 1.65. The maximum Gasteiger partial charge on any atom is 0.119 e. The molecule has 3 heterocycles. The Morgan fingerprint density at radius 2 is 1.93 bits per heavy atom. The van der Waals surface area contributed by atoms with E-state index in [1.807, 2.05) is 24.3 Å². The van der Waals surface area contributed by atoms with Crippen LogP contribution in [-0.4, -0.2) is 42.7 Å². The smallest absolute Gasteiger partial charge is 0.119 e. The number of benzene rings is 2. The molecule has 2 aliphatic heterocycles. The number of ether oxygens (including phenoxy) is 1. The van der Waals surface area contributed by atoms with Crippen molar-refractivity contribution in [1.82, 2.24) is 9.88 Å². The van der Waals surface area contributed by atoms with Gasteiger partial charge >= 0.3 is 0 Å². The molecule has 0 saturated carbocycles. The van der Waals surface area contributed by atoms with Gasteiger partial charge < -0.3 is 15.0 Å². The molecule has 1 N–H and O–H groups in total. The molecule has 3 aromatic rings. The third-order valence-electron chi connectivity index (χ3n) is 6.99. The summed E-state index contributed by atoms with van der Waals surface area (Å²) in [4.78, 5) is 7.59. The van der Waals surface area contributed by atoms with Crippen molar-refractivity contribution in [3.05, 3.63) is 41.4 Å². The molecule has 0 spiro atoms. The molecule has 0 aliphatic carbocycles. The summed E-state index contributed by atoms with van der Waals surface area (Å²) in [6, 6.07) is 12.9. The molecule has 4 nitrogen and oxygen atoms in total. The number of nitrogens with one attached hydrogen (secondary N) is 1. The largest absolute Gasteiger partial charge is 0.497 e. The lowest BCUT2D eigenvalue weighted by Gasteiger charge is -2.44. The van der Waals surface area contributed by atoms with Crippen LogP contribution >= 0.6 is 11.6 Å². The quantitative estimate of drug-likeness (QED) is 0.502. The van der Waals surface area contributed by atoms with Crippen molar-refractivity contribution in [1.29, 1.82) is 0 Å². The van der Waals surface area contributed by atoms with Crippen molar-refractivity contribution < 1.29 is 4.74 Å². The van der Waals surface area contributed by atoms with E-state index in [0.717, 1.165) is 51.7 Å². The number of aromatic nitrogens is 1. The number of rotatable bonds is 5. The summed E-state index contributed by atoms with van der Waals surface area (Å²) in [5, 5.41) is 6.72.